The van der Waals surface area contributed by atoms with Crippen molar-refractivity contribution in [2.24, 2.45) is 0 Å². The Bertz CT molecular complexity index is 382. The molecule has 4 heterocycles. The van der Waals surface area contributed by atoms with Crippen molar-refractivity contribution in [1.82, 2.24) is 0 Å². The highest BCUT2D eigenvalue weighted by atomic mass is 79.9. The first-order valence-corrected chi connectivity index (χ1v) is 12.6. The molecule has 0 spiro atoms. The number of hydrogen-bond donors (Lipinski definition) is 0. The number of alkyl halides is 1. The Hall–Kier alpha value is 0.610. The molecule has 1 atom stereocenters. The van der Waals surface area contributed by atoms with Crippen LogP contribution in [-0.2, 0) is 0 Å². The Labute approximate surface area is 159 Å². The van der Waals surface area contributed by atoms with E-state index in [-0.39, 0.29) is 6.15 Å². The first-order chi connectivity index (χ1) is 11.7. The fourth-order valence-corrected chi connectivity index (χ4v) is 9.19. The summed E-state index contributed by atoms with van der Waals surface area (Å²) < 4.78 is 0. The Morgan fingerprint density at radius 1 is 0.833 bits per heavy atom. The SMILES string of the molecule is C[B-]1(C(CCCBr)B2C3CCCC2CCC3)C2CCCC1CCC2. The van der Waals surface area contributed by atoms with Gasteiger partial charge in [0.2, 0.25) is 0 Å². The van der Waals surface area contributed by atoms with E-state index in [0.29, 0.717) is 0 Å². The van der Waals surface area contributed by atoms with Crippen LogP contribution in [0.5, 0.6) is 0 Å². The summed E-state index contributed by atoms with van der Waals surface area (Å²) in [6.07, 6.45) is 21.7. The van der Waals surface area contributed by atoms with Crippen molar-refractivity contribution < 1.29 is 0 Å². The van der Waals surface area contributed by atoms with E-state index in [4.69, 9.17) is 0 Å². The molecule has 0 amide bonds. The topological polar surface area (TPSA) is 0 Å². The maximum absolute atomic E-state index is 3.77. The van der Waals surface area contributed by atoms with Gasteiger partial charge in [0.25, 0.3) is 0 Å². The lowest BCUT2D eigenvalue weighted by Gasteiger charge is -2.65. The molecule has 4 bridgehead atoms. The van der Waals surface area contributed by atoms with E-state index in [9.17, 15) is 0 Å². The zero-order valence-electron chi connectivity index (χ0n) is 16.0. The normalized spacial score (nSPS) is 43.5. The van der Waals surface area contributed by atoms with Crippen molar-refractivity contribution in [2.45, 2.75) is 126 Å². The molecule has 3 heteroatoms. The number of rotatable bonds is 5. The summed E-state index contributed by atoms with van der Waals surface area (Å²) >= 11 is 3.77. The molecule has 0 N–H and O–H groups in total. The molecule has 4 saturated heterocycles. The van der Waals surface area contributed by atoms with E-state index < -0.39 is 0 Å². The van der Waals surface area contributed by atoms with E-state index in [0.717, 1.165) is 35.7 Å². The summed E-state index contributed by atoms with van der Waals surface area (Å²) in [5.41, 5.74) is 1.11. The van der Waals surface area contributed by atoms with Crippen molar-refractivity contribution >= 4 is 28.8 Å². The fourth-order valence-electron chi connectivity index (χ4n) is 8.86. The largest absolute Gasteiger partial charge is 0.190 e. The van der Waals surface area contributed by atoms with Crippen molar-refractivity contribution in [3.05, 3.63) is 0 Å². The highest BCUT2D eigenvalue weighted by molar-refractivity contribution is 9.09. The summed E-state index contributed by atoms with van der Waals surface area (Å²) in [6.45, 7) is 3.98. The minimum Gasteiger partial charge on any atom is -0.190 e. The van der Waals surface area contributed by atoms with Gasteiger partial charge in [0, 0.05) is 11.5 Å². The predicted molar refractivity (Wildman–Crippen MR) is 115 cm³/mol. The summed E-state index contributed by atoms with van der Waals surface area (Å²) in [7, 11) is 0. The quantitative estimate of drug-likeness (QED) is 0.330. The molecule has 1 unspecified atom stereocenters. The summed E-state index contributed by atoms with van der Waals surface area (Å²) in [4.78, 5) is 0. The molecule has 0 radical (unpaired) electrons. The van der Waals surface area contributed by atoms with Crippen LogP contribution >= 0.6 is 15.9 Å². The molecular weight excluding hydrogens is 354 g/mol. The van der Waals surface area contributed by atoms with Crippen LogP contribution in [0.4, 0.5) is 0 Å². The molecule has 4 fully saturated rings. The van der Waals surface area contributed by atoms with Gasteiger partial charge in [-0.3, -0.25) is 0 Å². The number of halogens is 1. The van der Waals surface area contributed by atoms with Gasteiger partial charge in [-0.15, -0.1) is 0 Å². The van der Waals surface area contributed by atoms with Crippen molar-refractivity contribution in [2.75, 3.05) is 5.33 Å². The molecule has 4 aliphatic heterocycles. The van der Waals surface area contributed by atoms with Gasteiger partial charge < -0.3 is 0 Å². The molecule has 0 saturated carbocycles. The Morgan fingerprint density at radius 3 is 1.75 bits per heavy atom. The van der Waals surface area contributed by atoms with E-state index >= 15 is 0 Å². The number of hydrogen-bond acceptors (Lipinski definition) is 0. The molecule has 24 heavy (non-hydrogen) atoms. The zero-order chi connectivity index (χ0) is 16.6. The third kappa shape index (κ3) is 3.07. The second kappa shape index (κ2) is 7.69. The van der Waals surface area contributed by atoms with E-state index in [1.165, 1.54) is 11.8 Å². The van der Waals surface area contributed by atoms with Gasteiger partial charge in [-0.25, -0.2) is 0 Å². The molecule has 0 aromatic heterocycles. The van der Waals surface area contributed by atoms with Crippen molar-refractivity contribution in [1.29, 1.82) is 0 Å². The average Bonchev–Trinajstić information content (AvgIpc) is 2.54. The first kappa shape index (κ1) is 18.0. The van der Waals surface area contributed by atoms with Crippen LogP contribution in [-0.4, -0.2) is 18.2 Å². The molecule has 4 rings (SSSR count). The maximum Gasteiger partial charge on any atom is 0.114 e. The zero-order valence-corrected chi connectivity index (χ0v) is 17.6. The van der Waals surface area contributed by atoms with E-state index in [2.05, 4.69) is 22.8 Å². The lowest BCUT2D eigenvalue weighted by molar-refractivity contribution is 0.413. The summed E-state index contributed by atoms with van der Waals surface area (Å²) in [5, 5.41) is 1.23. The lowest BCUT2D eigenvalue weighted by Crippen LogP contribution is -2.57. The first-order valence-electron chi connectivity index (χ1n) is 11.5. The Balaban J connectivity index is 1.65. The van der Waals surface area contributed by atoms with Crippen LogP contribution in [0.25, 0.3) is 0 Å². The fraction of sp³-hybridized carbons (Fsp3) is 1.00. The molecule has 0 nitrogen and oxygen atoms in total. The van der Waals surface area contributed by atoms with E-state index in [1.54, 1.807) is 83.5 Å². The maximum atomic E-state index is 3.77. The van der Waals surface area contributed by atoms with Crippen LogP contribution in [0.2, 0.25) is 35.8 Å². The monoisotopic (exact) mass is 391 g/mol. The Kier molecular flexibility index (Phi) is 5.77. The summed E-state index contributed by atoms with van der Waals surface area (Å²) in [5.74, 6) is 4.47. The second-order valence-corrected chi connectivity index (χ2v) is 11.2. The van der Waals surface area contributed by atoms with Crippen molar-refractivity contribution in [3.8, 4) is 0 Å². The smallest absolute Gasteiger partial charge is 0.114 e. The highest BCUT2D eigenvalue weighted by Gasteiger charge is 2.51. The lowest BCUT2D eigenvalue weighted by atomic mass is 8.96. The van der Waals surface area contributed by atoms with Gasteiger partial charge in [0.15, 0.2) is 0 Å². The average molecular weight is 392 g/mol. The minimum atomic E-state index is -0.127. The summed E-state index contributed by atoms with van der Waals surface area (Å²) in [6, 6.07) is 0. The van der Waals surface area contributed by atoms with Gasteiger partial charge >= 0.3 is 0 Å². The van der Waals surface area contributed by atoms with Gasteiger partial charge in [0.1, 0.15) is 6.71 Å². The standard InChI is InChI=1S/C21H38B2Br/c1-23(19-11-4-12-20(23)14-5-13-19)21(15-6-16-24)22-17-7-2-8-18(22)10-3-9-17/h17-21H,2-16H2,1H3/q-1. The number of fused-ring (bicyclic) bond motifs is 4. The van der Waals surface area contributed by atoms with Crippen LogP contribution in [0.1, 0.15) is 89.9 Å². The van der Waals surface area contributed by atoms with Gasteiger partial charge in [-0.05, 0) is 6.42 Å². The van der Waals surface area contributed by atoms with Gasteiger partial charge in [0.05, 0.1) is 0 Å². The van der Waals surface area contributed by atoms with Crippen LogP contribution in [0.15, 0.2) is 0 Å². The minimum absolute atomic E-state index is 0.127. The predicted octanol–water partition coefficient (Wildman–Crippen LogP) is 7.86. The highest BCUT2D eigenvalue weighted by Crippen LogP contribution is 2.63. The molecule has 4 aliphatic rings. The van der Waals surface area contributed by atoms with Crippen molar-refractivity contribution in [3.63, 3.8) is 0 Å². The second-order valence-electron chi connectivity index (χ2n) is 10.4. The molecule has 0 aromatic rings. The van der Waals surface area contributed by atoms with Crippen LogP contribution in [0.3, 0.4) is 0 Å². The van der Waals surface area contributed by atoms with Crippen LogP contribution < -0.4 is 0 Å². The Morgan fingerprint density at radius 2 is 1.29 bits per heavy atom. The molecule has 0 aromatic carbocycles. The third-order valence-corrected chi connectivity index (χ3v) is 10.4. The van der Waals surface area contributed by atoms with Crippen LogP contribution in [0, 0.1) is 0 Å². The molecular formula is C21H38B2Br-. The third-order valence-electron chi connectivity index (χ3n) is 9.81. The van der Waals surface area contributed by atoms with Gasteiger partial charge in [-0.2, -0.15) is 24.2 Å². The molecule has 136 valence electrons. The molecule has 0 aliphatic carbocycles. The van der Waals surface area contributed by atoms with Gasteiger partial charge in [-0.1, -0.05) is 111 Å². The van der Waals surface area contributed by atoms with E-state index in [1.807, 2.05) is 0 Å².